The van der Waals surface area contributed by atoms with Crippen LogP contribution in [0.5, 0.6) is 0 Å². The average molecular weight is 459 g/mol. The molecule has 3 aromatic rings. The number of halogens is 3. The topological polar surface area (TPSA) is 46.9 Å². The first-order valence-electron chi connectivity index (χ1n) is 7.43. The van der Waals surface area contributed by atoms with Gasteiger partial charge in [0, 0.05) is 19.8 Å². The van der Waals surface area contributed by atoms with Gasteiger partial charge in [0.25, 0.3) is 5.91 Å². The molecule has 0 atom stereocenters. The lowest BCUT2D eigenvalue weighted by Gasteiger charge is -2.06. The molecule has 0 aliphatic rings. The van der Waals surface area contributed by atoms with Crippen LogP contribution in [-0.4, -0.2) is 15.7 Å². The first-order valence-corrected chi connectivity index (χ1v) is 9.86. The Hall–Kier alpha value is -1.34. The summed E-state index contributed by atoms with van der Waals surface area (Å²) in [5.74, 6) is -0.238. The number of carbonyl (C=O) groups excluding carboxylic acids is 1. The standard InChI is InChI=1S/C17H14BrCl2N3OS/c1-10-15(17(24)21-7-13-6-12(18)9-25-13)16(20)23(22-10)8-11-4-2-3-5-14(11)19/h2-6,9H,7-8H2,1H3,(H,21,24). The zero-order valence-corrected chi connectivity index (χ0v) is 17.1. The van der Waals surface area contributed by atoms with Gasteiger partial charge < -0.3 is 5.32 Å². The fraction of sp³-hybridized carbons (Fsp3) is 0.176. The molecule has 2 aromatic heterocycles. The maximum atomic E-state index is 12.5. The van der Waals surface area contributed by atoms with Crippen molar-refractivity contribution in [1.29, 1.82) is 0 Å². The Morgan fingerprint density at radius 1 is 1.36 bits per heavy atom. The minimum Gasteiger partial charge on any atom is -0.347 e. The van der Waals surface area contributed by atoms with Crippen LogP contribution in [0.1, 0.15) is 26.5 Å². The molecule has 0 radical (unpaired) electrons. The predicted molar refractivity (Wildman–Crippen MR) is 106 cm³/mol. The second kappa shape index (κ2) is 7.91. The highest BCUT2D eigenvalue weighted by Crippen LogP contribution is 2.24. The number of benzene rings is 1. The van der Waals surface area contributed by atoms with Crippen molar-refractivity contribution in [3.05, 3.63) is 72.1 Å². The maximum Gasteiger partial charge on any atom is 0.256 e. The van der Waals surface area contributed by atoms with Gasteiger partial charge in [-0.2, -0.15) is 5.10 Å². The number of hydrogen-bond donors (Lipinski definition) is 1. The van der Waals surface area contributed by atoms with Crippen molar-refractivity contribution in [3.63, 3.8) is 0 Å². The molecule has 0 unspecified atom stereocenters. The number of aryl methyl sites for hydroxylation is 1. The molecule has 4 nitrogen and oxygen atoms in total. The van der Waals surface area contributed by atoms with Crippen LogP contribution in [0.25, 0.3) is 0 Å². The fourth-order valence-corrected chi connectivity index (χ4v) is 4.31. The number of nitrogens with one attached hydrogen (secondary N) is 1. The summed E-state index contributed by atoms with van der Waals surface area (Å²) in [5, 5.41) is 10.2. The Labute approximate surface area is 167 Å². The van der Waals surface area contributed by atoms with Gasteiger partial charge in [0.15, 0.2) is 0 Å². The third-order valence-electron chi connectivity index (χ3n) is 3.62. The minimum atomic E-state index is -0.238. The highest BCUT2D eigenvalue weighted by atomic mass is 79.9. The van der Waals surface area contributed by atoms with Gasteiger partial charge in [-0.3, -0.25) is 4.79 Å². The molecule has 8 heteroatoms. The zero-order valence-electron chi connectivity index (χ0n) is 13.2. The lowest BCUT2D eigenvalue weighted by molar-refractivity contribution is 0.0951. The second-order valence-corrected chi connectivity index (χ2v) is 8.09. The van der Waals surface area contributed by atoms with E-state index >= 15 is 0 Å². The van der Waals surface area contributed by atoms with Crippen LogP contribution in [0.4, 0.5) is 0 Å². The molecule has 0 aliphatic heterocycles. The van der Waals surface area contributed by atoms with E-state index in [0.717, 1.165) is 14.9 Å². The number of rotatable bonds is 5. The van der Waals surface area contributed by atoms with Crippen LogP contribution in [-0.2, 0) is 13.1 Å². The number of nitrogens with zero attached hydrogens (tertiary/aromatic N) is 2. The Bertz CT molecular complexity index is 923. The van der Waals surface area contributed by atoms with E-state index in [4.69, 9.17) is 23.2 Å². The summed E-state index contributed by atoms with van der Waals surface area (Å²) in [6, 6.07) is 9.46. The first-order chi connectivity index (χ1) is 12.0. The van der Waals surface area contributed by atoms with E-state index in [0.29, 0.717) is 34.5 Å². The van der Waals surface area contributed by atoms with Crippen LogP contribution in [0, 0.1) is 6.92 Å². The molecule has 2 heterocycles. The van der Waals surface area contributed by atoms with E-state index in [2.05, 4.69) is 26.3 Å². The molecule has 0 saturated carbocycles. The van der Waals surface area contributed by atoms with E-state index in [-0.39, 0.29) is 5.91 Å². The molecule has 0 aliphatic carbocycles. The van der Waals surface area contributed by atoms with Crippen LogP contribution in [0.2, 0.25) is 10.2 Å². The molecular weight excluding hydrogens is 445 g/mol. The lowest BCUT2D eigenvalue weighted by Crippen LogP contribution is -2.23. The number of aromatic nitrogens is 2. The lowest BCUT2D eigenvalue weighted by atomic mass is 10.2. The molecule has 0 bridgehead atoms. The number of amides is 1. The largest absolute Gasteiger partial charge is 0.347 e. The van der Waals surface area contributed by atoms with Gasteiger partial charge in [0.1, 0.15) is 5.15 Å². The smallest absolute Gasteiger partial charge is 0.256 e. The van der Waals surface area contributed by atoms with Crippen molar-refractivity contribution in [2.45, 2.75) is 20.0 Å². The van der Waals surface area contributed by atoms with Crippen LogP contribution in [0.3, 0.4) is 0 Å². The molecule has 25 heavy (non-hydrogen) atoms. The van der Waals surface area contributed by atoms with Gasteiger partial charge in [0.05, 0.1) is 24.3 Å². The van der Waals surface area contributed by atoms with Crippen LogP contribution < -0.4 is 5.32 Å². The third kappa shape index (κ3) is 4.26. The van der Waals surface area contributed by atoms with E-state index in [9.17, 15) is 4.79 Å². The van der Waals surface area contributed by atoms with Crippen molar-refractivity contribution in [3.8, 4) is 0 Å². The van der Waals surface area contributed by atoms with Crippen molar-refractivity contribution >= 4 is 56.4 Å². The van der Waals surface area contributed by atoms with Gasteiger partial charge >= 0.3 is 0 Å². The molecule has 3 rings (SSSR count). The fourth-order valence-electron chi connectivity index (χ4n) is 2.41. The number of hydrogen-bond acceptors (Lipinski definition) is 3. The van der Waals surface area contributed by atoms with E-state index in [1.165, 1.54) is 0 Å². The summed E-state index contributed by atoms with van der Waals surface area (Å²) in [6.45, 7) is 2.62. The predicted octanol–water partition coefficient (Wildman–Crippen LogP) is 5.30. The van der Waals surface area contributed by atoms with Crippen molar-refractivity contribution in [2.24, 2.45) is 0 Å². The average Bonchev–Trinajstić information content (AvgIpc) is 3.11. The molecule has 0 fully saturated rings. The molecule has 1 aromatic carbocycles. The number of thiophene rings is 1. The highest BCUT2D eigenvalue weighted by molar-refractivity contribution is 9.10. The van der Waals surface area contributed by atoms with Gasteiger partial charge in [-0.1, -0.05) is 41.4 Å². The summed E-state index contributed by atoms with van der Waals surface area (Å²) < 4.78 is 2.60. The maximum absolute atomic E-state index is 12.5. The van der Waals surface area contributed by atoms with E-state index < -0.39 is 0 Å². The molecular formula is C17H14BrCl2N3OS. The SMILES string of the molecule is Cc1nn(Cc2ccccc2Cl)c(Cl)c1C(=O)NCc1cc(Br)cs1. The molecule has 0 saturated heterocycles. The van der Waals surface area contributed by atoms with E-state index in [1.54, 1.807) is 22.9 Å². The molecule has 1 amide bonds. The van der Waals surface area contributed by atoms with Crippen molar-refractivity contribution < 1.29 is 4.79 Å². The van der Waals surface area contributed by atoms with Gasteiger partial charge in [0.2, 0.25) is 0 Å². The Morgan fingerprint density at radius 2 is 2.12 bits per heavy atom. The van der Waals surface area contributed by atoms with Gasteiger partial charge in [-0.05, 0) is 40.5 Å². The van der Waals surface area contributed by atoms with Crippen LogP contribution >= 0.6 is 50.5 Å². The summed E-state index contributed by atoms with van der Waals surface area (Å²) in [7, 11) is 0. The normalized spacial score (nSPS) is 10.9. The quantitative estimate of drug-likeness (QED) is 0.563. The summed E-state index contributed by atoms with van der Waals surface area (Å²) in [5.41, 5.74) is 1.87. The molecule has 0 spiro atoms. The second-order valence-electron chi connectivity index (χ2n) is 5.41. The van der Waals surface area contributed by atoms with E-state index in [1.807, 2.05) is 35.7 Å². The first kappa shape index (κ1) is 18.5. The summed E-state index contributed by atoms with van der Waals surface area (Å²) in [6.07, 6.45) is 0. The Morgan fingerprint density at radius 3 is 2.80 bits per heavy atom. The monoisotopic (exact) mass is 457 g/mol. The van der Waals surface area contributed by atoms with Gasteiger partial charge in [-0.25, -0.2) is 4.68 Å². The molecule has 130 valence electrons. The van der Waals surface area contributed by atoms with Crippen molar-refractivity contribution in [2.75, 3.05) is 0 Å². The zero-order chi connectivity index (χ0) is 18.0. The van der Waals surface area contributed by atoms with Gasteiger partial charge in [-0.15, -0.1) is 11.3 Å². The third-order valence-corrected chi connectivity index (χ3v) is 6.07. The van der Waals surface area contributed by atoms with Crippen molar-refractivity contribution in [1.82, 2.24) is 15.1 Å². The Balaban J connectivity index is 1.77. The minimum absolute atomic E-state index is 0.238. The summed E-state index contributed by atoms with van der Waals surface area (Å²) in [4.78, 5) is 13.6. The Kier molecular flexibility index (Phi) is 5.84. The summed E-state index contributed by atoms with van der Waals surface area (Å²) >= 11 is 17.6. The van der Waals surface area contributed by atoms with Crippen LogP contribution in [0.15, 0.2) is 40.2 Å². The highest BCUT2D eigenvalue weighted by Gasteiger charge is 2.20. The number of carbonyl (C=O) groups is 1. The molecule has 1 N–H and O–H groups in total.